The molecule has 158 valence electrons. The lowest BCUT2D eigenvalue weighted by atomic mass is 10.0. The Morgan fingerprint density at radius 3 is 2.31 bits per heavy atom. The van der Waals surface area contributed by atoms with Gasteiger partial charge in [0, 0.05) is 5.39 Å². The molecule has 0 saturated heterocycles. The van der Waals surface area contributed by atoms with Crippen molar-refractivity contribution in [2.24, 2.45) is 0 Å². The van der Waals surface area contributed by atoms with Crippen molar-refractivity contribution in [3.8, 4) is 11.5 Å². The number of ether oxygens (including phenoxy) is 1. The van der Waals surface area contributed by atoms with Crippen molar-refractivity contribution >= 4 is 30.1 Å². The Morgan fingerprint density at radius 1 is 0.844 bits per heavy atom. The van der Waals surface area contributed by atoms with E-state index in [1.165, 1.54) is 12.1 Å². The fourth-order valence-electron chi connectivity index (χ4n) is 3.33. The fourth-order valence-corrected chi connectivity index (χ4v) is 3.33. The van der Waals surface area contributed by atoms with Gasteiger partial charge in [-0.2, -0.15) is 0 Å². The van der Waals surface area contributed by atoms with E-state index in [0.29, 0.717) is 17.7 Å². The number of fused-ring (bicyclic) bond motifs is 1. The van der Waals surface area contributed by atoms with Crippen LogP contribution in [0.5, 0.6) is 11.5 Å². The number of allylic oxidation sites excluding steroid dienone is 1. The van der Waals surface area contributed by atoms with Crippen LogP contribution in [0.25, 0.3) is 16.8 Å². The first-order valence-corrected chi connectivity index (χ1v) is 10.1. The van der Waals surface area contributed by atoms with Gasteiger partial charge in [0.1, 0.15) is 18.1 Å². The smallest absolute Gasteiger partial charge is 0.504 e. The Bertz CT molecular complexity index is 1240. The third kappa shape index (κ3) is 5.21. The number of ketones is 1. The quantitative estimate of drug-likeness (QED) is 0.180. The number of halogens is 2. The fraction of sp³-hybridized carbons (Fsp3) is 0.0385. The summed E-state index contributed by atoms with van der Waals surface area (Å²) in [5.74, 6) is 0.174. The molecular formula is C26H19BF2O3. The highest BCUT2D eigenvalue weighted by Crippen LogP contribution is 2.31. The molecule has 32 heavy (non-hydrogen) atoms. The van der Waals surface area contributed by atoms with Gasteiger partial charge in [-0.05, 0) is 40.8 Å². The maximum atomic E-state index is 13.0. The van der Waals surface area contributed by atoms with Crippen LogP contribution in [0, 0.1) is 0 Å². The summed E-state index contributed by atoms with van der Waals surface area (Å²) in [6.45, 7) is 0.462. The van der Waals surface area contributed by atoms with Crippen LogP contribution in [0.3, 0.4) is 0 Å². The molecule has 3 nitrogen and oxygen atoms in total. The largest absolute Gasteiger partial charge is 0.796 e. The highest BCUT2D eigenvalue weighted by molar-refractivity contribution is 6.36. The first-order chi connectivity index (χ1) is 15.6. The highest BCUT2D eigenvalue weighted by atomic mass is 19.2. The van der Waals surface area contributed by atoms with Crippen LogP contribution in [-0.4, -0.2) is 13.3 Å². The summed E-state index contributed by atoms with van der Waals surface area (Å²) >= 11 is 0. The van der Waals surface area contributed by atoms with E-state index >= 15 is 0 Å². The average molecular weight is 428 g/mol. The molecule has 4 aromatic rings. The molecule has 4 aromatic carbocycles. The molecule has 0 atom stereocenters. The Labute approximate surface area is 185 Å². The molecule has 4 rings (SSSR count). The zero-order valence-electron chi connectivity index (χ0n) is 17.1. The molecule has 0 aromatic heterocycles. The molecule has 0 aliphatic heterocycles. The van der Waals surface area contributed by atoms with Gasteiger partial charge in [-0.3, -0.25) is 4.79 Å². The highest BCUT2D eigenvalue weighted by Gasteiger charge is 2.23. The first kappa shape index (κ1) is 21.3. The lowest BCUT2D eigenvalue weighted by Gasteiger charge is -2.11. The number of hydrogen-bond donors (Lipinski definition) is 0. The number of carbonyl (C=O) groups excluding carboxylic acids is 1. The minimum atomic E-state index is -3.03. The van der Waals surface area contributed by atoms with E-state index in [9.17, 15) is 13.4 Å². The molecule has 0 unspecified atom stereocenters. The molecule has 0 aliphatic carbocycles. The van der Waals surface area contributed by atoms with Crippen molar-refractivity contribution in [1.82, 2.24) is 0 Å². The molecule has 0 N–H and O–H groups in total. The molecule has 0 radical (unpaired) electrons. The summed E-state index contributed by atoms with van der Waals surface area (Å²) in [5.41, 5.74) is 1.94. The number of carbonyl (C=O) groups is 1. The lowest BCUT2D eigenvalue weighted by molar-refractivity contribution is 0.104. The van der Waals surface area contributed by atoms with Gasteiger partial charge in [0.2, 0.25) is 0 Å². The molecule has 0 bridgehead atoms. The maximum Gasteiger partial charge on any atom is 0.796 e. The Hall–Kier alpha value is -3.93. The van der Waals surface area contributed by atoms with Crippen LogP contribution in [0.1, 0.15) is 21.5 Å². The van der Waals surface area contributed by atoms with Gasteiger partial charge in [-0.1, -0.05) is 78.9 Å². The minimum Gasteiger partial charge on any atom is -0.504 e. The van der Waals surface area contributed by atoms with Crippen molar-refractivity contribution in [1.29, 1.82) is 0 Å². The third-order valence-corrected chi connectivity index (χ3v) is 4.91. The zero-order chi connectivity index (χ0) is 22.3. The minimum absolute atomic E-state index is 0.0862. The molecule has 0 fully saturated rings. The summed E-state index contributed by atoms with van der Waals surface area (Å²) in [7, 11) is -3.03. The van der Waals surface area contributed by atoms with Gasteiger partial charge in [0.15, 0.2) is 5.78 Å². The molecule has 0 spiro atoms. The Balaban J connectivity index is 1.49. The van der Waals surface area contributed by atoms with Crippen molar-refractivity contribution in [2.75, 3.05) is 0 Å². The van der Waals surface area contributed by atoms with Crippen molar-refractivity contribution in [2.45, 2.75) is 6.61 Å². The van der Waals surface area contributed by atoms with Crippen LogP contribution < -0.4 is 9.39 Å². The molecular weight excluding hydrogens is 409 g/mol. The zero-order valence-corrected chi connectivity index (χ0v) is 17.1. The van der Waals surface area contributed by atoms with Gasteiger partial charge in [0.25, 0.3) is 0 Å². The van der Waals surface area contributed by atoms with E-state index in [4.69, 9.17) is 9.39 Å². The van der Waals surface area contributed by atoms with E-state index in [2.05, 4.69) is 0 Å². The van der Waals surface area contributed by atoms with E-state index < -0.39 is 13.3 Å². The molecule has 0 saturated carbocycles. The summed E-state index contributed by atoms with van der Waals surface area (Å²) in [6, 6.07) is 27.3. The van der Waals surface area contributed by atoms with E-state index in [1.807, 2.05) is 54.6 Å². The lowest BCUT2D eigenvalue weighted by Crippen LogP contribution is -2.12. The van der Waals surface area contributed by atoms with E-state index in [-0.39, 0.29) is 11.3 Å². The molecule has 6 heteroatoms. The predicted molar refractivity (Wildman–Crippen MR) is 123 cm³/mol. The first-order valence-electron chi connectivity index (χ1n) is 10.1. The maximum absolute atomic E-state index is 13.0. The van der Waals surface area contributed by atoms with Crippen LogP contribution in [0.15, 0.2) is 97.1 Å². The summed E-state index contributed by atoms with van der Waals surface area (Å²) in [6.07, 6.45) is 2.98. The Morgan fingerprint density at radius 2 is 1.56 bits per heavy atom. The average Bonchev–Trinajstić information content (AvgIpc) is 2.82. The SMILES string of the molecule is O=C(/C=C\c1ccc(OCc2ccccc2)cc1)c1ccc2ccccc2c1OB(F)F. The van der Waals surface area contributed by atoms with Crippen molar-refractivity contribution in [3.05, 3.63) is 114 Å². The summed E-state index contributed by atoms with van der Waals surface area (Å²) < 4.78 is 36.4. The van der Waals surface area contributed by atoms with E-state index in [1.54, 1.807) is 36.4 Å². The molecule has 0 aliphatic rings. The van der Waals surface area contributed by atoms with Gasteiger partial charge < -0.3 is 9.39 Å². The summed E-state index contributed by atoms with van der Waals surface area (Å²) in [4.78, 5) is 12.8. The number of hydrogen-bond acceptors (Lipinski definition) is 3. The standard InChI is InChI=1S/C26H19BF2O3/c28-27(29)32-26-23-9-5-4-8-21(23)13-16-24(26)25(30)17-12-19-10-14-22(15-11-19)31-18-20-6-2-1-3-7-20/h1-17H,18H2/b17-12-. The topological polar surface area (TPSA) is 35.5 Å². The normalized spacial score (nSPS) is 10.9. The molecule has 0 amide bonds. The van der Waals surface area contributed by atoms with Gasteiger partial charge in [-0.15, -0.1) is 0 Å². The van der Waals surface area contributed by atoms with Crippen LogP contribution in [0.2, 0.25) is 0 Å². The second-order valence-electron chi connectivity index (χ2n) is 7.08. The second-order valence-corrected chi connectivity index (χ2v) is 7.08. The van der Waals surface area contributed by atoms with Crippen LogP contribution >= 0.6 is 0 Å². The number of rotatable bonds is 8. The van der Waals surface area contributed by atoms with Gasteiger partial charge >= 0.3 is 7.47 Å². The second kappa shape index (κ2) is 9.92. The molecule has 0 heterocycles. The summed E-state index contributed by atoms with van der Waals surface area (Å²) in [5, 5.41) is 1.18. The predicted octanol–water partition coefficient (Wildman–Crippen LogP) is 6.62. The Kier molecular flexibility index (Phi) is 6.61. The monoisotopic (exact) mass is 428 g/mol. The van der Waals surface area contributed by atoms with Crippen molar-refractivity contribution in [3.63, 3.8) is 0 Å². The van der Waals surface area contributed by atoms with Crippen molar-refractivity contribution < 1.29 is 22.8 Å². The van der Waals surface area contributed by atoms with Crippen LogP contribution in [-0.2, 0) is 6.61 Å². The third-order valence-electron chi connectivity index (χ3n) is 4.91. The van der Waals surface area contributed by atoms with Gasteiger partial charge in [0.05, 0.1) is 5.56 Å². The van der Waals surface area contributed by atoms with Crippen LogP contribution in [0.4, 0.5) is 8.63 Å². The number of benzene rings is 4. The van der Waals surface area contributed by atoms with Gasteiger partial charge in [-0.25, -0.2) is 8.63 Å². The van der Waals surface area contributed by atoms with E-state index in [0.717, 1.165) is 16.5 Å².